The molecule has 0 spiro atoms. The van der Waals surface area contributed by atoms with E-state index in [0.29, 0.717) is 17.9 Å². The van der Waals surface area contributed by atoms with Gasteiger partial charge in [-0.15, -0.1) is 11.8 Å². The zero-order valence-electron chi connectivity index (χ0n) is 22.3. The van der Waals surface area contributed by atoms with Gasteiger partial charge in [0.05, 0.1) is 12.3 Å². The highest BCUT2D eigenvalue weighted by atomic mass is 32.2. The first-order chi connectivity index (χ1) is 18.9. The number of carbonyl (C=O) groups is 3. The van der Waals surface area contributed by atoms with Crippen LogP contribution >= 0.6 is 11.8 Å². The minimum absolute atomic E-state index is 0.0761. The zero-order valence-corrected chi connectivity index (χ0v) is 23.1. The number of hydrogen-bond acceptors (Lipinski definition) is 4. The van der Waals surface area contributed by atoms with Gasteiger partial charge in [-0.25, -0.2) is 0 Å². The van der Waals surface area contributed by atoms with Crippen LogP contribution in [0.3, 0.4) is 0 Å². The lowest BCUT2D eigenvalue weighted by molar-refractivity contribution is -0.136. The fourth-order valence-corrected chi connectivity index (χ4v) is 5.52. The van der Waals surface area contributed by atoms with Crippen LogP contribution in [0.25, 0.3) is 0 Å². The predicted octanol–water partition coefficient (Wildman–Crippen LogP) is 6.63. The van der Waals surface area contributed by atoms with E-state index in [1.165, 1.54) is 37.7 Å². The molecule has 2 amide bonds. The highest BCUT2D eigenvalue weighted by Crippen LogP contribution is 2.34. The van der Waals surface area contributed by atoms with Crippen LogP contribution in [0.4, 0.5) is 5.69 Å². The molecular weight excluding hydrogens is 508 g/mol. The van der Waals surface area contributed by atoms with Crippen molar-refractivity contribution in [3.63, 3.8) is 0 Å². The SMILES string of the molecule is CSc1ccc(NC(=O)C(Cc2ccc(C(=O)NCCC(=O)O)cc2)c2ccc(C3CCCCC3)cc2)cc1. The second-order valence-corrected chi connectivity index (χ2v) is 11.0. The molecule has 7 heteroatoms. The molecule has 0 heterocycles. The Hall–Kier alpha value is -3.58. The number of thioether (sulfide) groups is 1. The number of rotatable bonds is 11. The quantitative estimate of drug-likeness (QED) is 0.236. The van der Waals surface area contributed by atoms with Crippen molar-refractivity contribution in [3.05, 3.63) is 95.1 Å². The number of benzene rings is 3. The number of amides is 2. The van der Waals surface area contributed by atoms with Gasteiger partial charge in [0.15, 0.2) is 0 Å². The molecule has 1 fully saturated rings. The van der Waals surface area contributed by atoms with Crippen LogP contribution in [0, 0.1) is 0 Å². The smallest absolute Gasteiger partial charge is 0.305 e. The fourth-order valence-electron chi connectivity index (χ4n) is 5.11. The summed E-state index contributed by atoms with van der Waals surface area (Å²) >= 11 is 1.66. The third-order valence-electron chi connectivity index (χ3n) is 7.37. The van der Waals surface area contributed by atoms with E-state index in [1.54, 1.807) is 23.9 Å². The van der Waals surface area contributed by atoms with E-state index >= 15 is 0 Å². The minimum atomic E-state index is -0.957. The van der Waals surface area contributed by atoms with E-state index in [0.717, 1.165) is 21.7 Å². The number of anilines is 1. The number of carboxylic acid groups (broad SMARTS) is 1. The average molecular weight is 545 g/mol. The highest BCUT2D eigenvalue weighted by Gasteiger charge is 2.23. The van der Waals surface area contributed by atoms with Crippen LogP contribution in [-0.4, -0.2) is 35.7 Å². The van der Waals surface area contributed by atoms with E-state index in [4.69, 9.17) is 5.11 Å². The Labute approximate surface area is 234 Å². The van der Waals surface area contributed by atoms with E-state index < -0.39 is 11.9 Å². The van der Waals surface area contributed by atoms with Gasteiger partial charge in [-0.1, -0.05) is 55.7 Å². The summed E-state index contributed by atoms with van der Waals surface area (Å²) in [6.07, 6.45) is 8.71. The van der Waals surface area contributed by atoms with Crippen molar-refractivity contribution in [2.75, 3.05) is 18.1 Å². The van der Waals surface area contributed by atoms with Gasteiger partial charge in [0.2, 0.25) is 5.91 Å². The standard InChI is InChI=1S/C32H36N2O4S/c1-39-28-17-15-27(16-18-28)34-32(38)29(25-13-11-24(12-14-25)23-5-3-2-4-6-23)21-22-7-9-26(10-8-22)31(37)33-20-19-30(35)36/h7-18,23,29H,2-6,19-21H2,1H3,(H,33,37)(H,34,38)(H,35,36). The summed E-state index contributed by atoms with van der Waals surface area (Å²) in [6.45, 7) is 0.0763. The van der Waals surface area contributed by atoms with Gasteiger partial charge in [-0.05, 0) is 84.5 Å². The van der Waals surface area contributed by atoms with Crippen molar-refractivity contribution in [2.45, 2.75) is 61.7 Å². The van der Waals surface area contributed by atoms with Gasteiger partial charge in [0.1, 0.15) is 0 Å². The monoisotopic (exact) mass is 544 g/mol. The molecule has 0 bridgehead atoms. The molecule has 3 aromatic rings. The fraction of sp³-hybridized carbons (Fsp3) is 0.344. The summed E-state index contributed by atoms with van der Waals surface area (Å²) in [6, 6.07) is 23.5. The molecule has 0 aromatic heterocycles. The van der Waals surface area contributed by atoms with Crippen molar-refractivity contribution >= 4 is 35.2 Å². The molecule has 6 nitrogen and oxygen atoms in total. The summed E-state index contributed by atoms with van der Waals surface area (Å²) in [5.41, 5.74) is 4.46. The molecule has 3 N–H and O–H groups in total. The molecule has 4 rings (SSSR count). The maximum Gasteiger partial charge on any atom is 0.305 e. The summed E-state index contributed by atoms with van der Waals surface area (Å²) < 4.78 is 0. The molecule has 0 saturated heterocycles. The number of nitrogens with one attached hydrogen (secondary N) is 2. The summed E-state index contributed by atoms with van der Waals surface area (Å²) in [4.78, 5) is 37.7. The van der Waals surface area contributed by atoms with Crippen molar-refractivity contribution in [2.24, 2.45) is 0 Å². The summed E-state index contributed by atoms with van der Waals surface area (Å²) in [5, 5.41) is 14.5. The molecule has 0 aliphatic heterocycles. The van der Waals surface area contributed by atoms with Crippen molar-refractivity contribution < 1.29 is 19.5 Å². The topological polar surface area (TPSA) is 95.5 Å². The Morgan fingerprint density at radius 1 is 0.897 bits per heavy atom. The molecule has 1 saturated carbocycles. The Morgan fingerprint density at radius 3 is 2.18 bits per heavy atom. The van der Waals surface area contributed by atoms with Gasteiger partial charge in [-0.3, -0.25) is 14.4 Å². The van der Waals surface area contributed by atoms with E-state index in [1.807, 2.05) is 42.7 Å². The van der Waals surface area contributed by atoms with Gasteiger partial charge in [-0.2, -0.15) is 0 Å². The molecule has 1 unspecified atom stereocenters. The third-order valence-corrected chi connectivity index (χ3v) is 8.11. The molecule has 3 aromatic carbocycles. The second kappa shape index (κ2) is 14.0. The van der Waals surface area contributed by atoms with Crippen LogP contribution in [0.1, 0.15) is 77.4 Å². The van der Waals surface area contributed by atoms with Crippen molar-refractivity contribution in [3.8, 4) is 0 Å². The lowest BCUT2D eigenvalue weighted by atomic mass is 9.83. The molecule has 1 atom stereocenters. The molecule has 1 aliphatic rings. The average Bonchev–Trinajstić information content (AvgIpc) is 2.97. The number of carboxylic acids is 1. The van der Waals surface area contributed by atoms with Gasteiger partial charge in [0, 0.05) is 22.7 Å². The lowest BCUT2D eigenvalue weighted by Crippen LogP contribution is -2.26. The van der Waals surface area contributed by atoms with E-state index in [9.17, 15) is 14.4 Å². The molecule has 39 heavy (non-hydrogen) atoms. The van der Waals surface area contributed by atoms with Gasteiger partial charge >= 0.3 is 5.97 Å². The molecular formula is C32H36N2O4S. The third kappa shape index (κ3) is 8.20. The predicted molar refractivity (Wildman–Crippen MR) is 157 cm³/mol. The van der Waals surface area contributed by atoms with Crippen LogP contribution in [0.5, 0.6) is 0 Å². The largest absolute Gasteiger partial charge is 0.481 e. The Morgan fingerprint density at radius 2 is 1.56 bits per heavy atom. The molecule has 204 valence electrons. The van der Waals surface area contributed by atoms with Crippen molar-refractivity contribution in [1.82, 2.24) is 5.32 Å². The molecule has 0 radical (unpaired) electrons. The first kappa shape index (κ1) is 28.4. The normalized spacial score (nSPS) is 14.4. The first-order valence-electron chi connectivity index (χ1n) is 13.6. The van der Waals surface area contributed by atoms with Crippen LogP contribution in [0.2, 0.25) is 0 Å². The van der Waals surface area contributed by atoms with Crippen LogP contribution in [-0.2, 0) is 16.0 Å². The second-order valence-electron chi connectivity index (χ2n) is 10.1. The van der Waals surface area contributed by atoms with Crippen LogP contribution < -0.4 is 10.6 Å². The number of carbonyl (C=O) groups excluding carboxylic acids is 2. The Balaban J connectivity index is 1.51. The van der Waals surface area contributed by atoms with Gasteiger partial charge in [0.25, 0.3) is 5.91 Å². The maximum absolute atomic E-state index is 13.6. The van der Waals surface area contributed by atoms with E-state index in [-0.39, 0.29) is 24.8 Å². The highest BCUT2D eigenvalue weighted by molar-refractivity contribution is 7.98. The summed E-state index contributed by atoms with van der Waals surface area (Å²) in [7, 11) is 0. The Bertz CT molecular complexity index is 1250. The zero-order chi connectivity index (χ0) is 27.6. The number of hydrogen-bond donors (Lipinski definition) is 3. The van der Waals surface area contributed by atoms with Crippen LogP contribution in [0.15, 0.2) is 77.7 Å². The summed E-state index contributed by atoms with van der Waals surface area (Å²) in [5.74, 6) is -1.15. The molecule has 1 aliphatic carbocycles. The minimum Gasteiger partial charge on any atom is -0.481 e. The van der Waals surface area contributed by atoms with E-state index in [2.05, 4.69) is 34.9 Å². The van der Waals surface area contributed by atoms with Gasteiger partial charge < -0.3 is 15.7 Å². The first-order valence-corrected chi connectivity index (χ1v) is 14.8. The number of aliphatic carboxylic acids is 1. The maximum atomic E-state index is 13.6. The lowest BCUT2D eigenvalue weighted by Gasteiger charge is -2.23. The Kier molecular flexibility index (Phi) is 10.2. The van der Waals surface area contributed by atoms with Crippen molar-refractivity contribution in [1.29, 1.82) is 0 Å².